The van der Waals surface area contributed by atoms with Crippen molar-refractivity contribution in [3.8, 4) is 17.1 Å². The Kier molecular flexibility index (Phi) is 10.8. The van der Waals surface area contributed by atoms with E-state index in [1.807, 2.05) is 0 Å². The Morgan fingerprint density at radius 2 is 1.74 bits per heavy atom. The highest BCUT2D eigenvalue weighted by molar-refractivity contribution is 6.23. The number of para-hydroxylation sites is 1. The summed E-state index contributed by atoms with van der Waals surface area (Å²) in [4.78, 5) is 92.8. The van der Waals surface area contributed by atoms with Gasteiger partial charge in [-0.25, -0.2) is 4.98 Å². The molecule has 0 spiro atoms. The van der Waals surface area contributed by atoms with Crippen molar-refractivity contribution in [1.29, 1.82) is 0 Å². The Hall–Kier alpha value is -7.25. The van der Waals surface area contributed by atoms with Crippen LogP contribution in [-0.4, -0.2) is 105 Å². The van der Waals surface area contributed by atoms with Gasteiger partial charge in [-0.2, -0.15) is 5.10 Å². The average Bonchev–Trinajstić information content (AvgIpc) is 3.91. The predicted octanol–water partition coefficient (Wildman–Crippen LogP) is 1.22. The molecule has 3 aliphatic rings. The number of hydrogen-bond donors (Lipinski definition) is 6. The SMILES string of the molecule is CNC(=O)c1nnc(NC(=O)C2CC2)cc1Nc1cccc(-c2ncn(CCNC(=O)CCNc3ccc4c(c3)C(=O)N(C3CCC(=O)NC3=O)C4=O)n2)c1OC. The van der Waals surface area contributed by atoms with E-state index in [2.05, 4.69) is 52.2 Å². The lowest BCUT2D eigenvalue weighted by Crippen LogP contribution is -2.54. The minimum Gasteiger partial charge on any atom is -0.494 e. The summed E-state index contributed by atoms with van der Waals surface area (Å²) >= 11 is 0. The van der Waals surface area contributed by atoms with E-state index < -0.39 is 35.6 Å². The summed E-state index contributed by atoms with van der Waals surface area (Å²) in [6.45, 7) is 0.797. The van der Waals surface area contributed by atoms with Crippen LogP contribution < -0.4 is 36.6 Å². The first-order chi connectivity index (χ1) is 27.5. The summed E-state index contributed by atoms with van der Waals surface area (Å²) in [6, 6.07) is 10.4. The second-order valence-corrected chi connectivity index (χ2v) is 13.4. The maximum absolute atomic E-state index is 13.1. The van der Waals surface area contributed by atoms with Crippen molar-refractivity contribution in [2.75, 3.05) is 43.2 Å². The van der Waals surface area contributed by atoms with Crippen molar-refractivity contribution < 1.29 is 38.3 Å². The molecule has 4 heterocycles. The van der Waals surface area contributed by atoms with Crippen LogP contribution in [0.2, 0.25) is 0 Å². The first-order valence-electron chi connectivity index (χ1n) is 18.1. The maximum Gasteiger partial charge on any atom is 0.273 e. The van der Waals surface area contributed by atoms with Crippen molar-refractivity contribution in [2.45, 2.75) is 44.7 Å². The molecule has 4 aromatic rings. The van der Waals surface area contributed by atoms with Gasteiger partial charge in [0.15, 0.2) is 23.1 Å². The number of hydrogen-bond acceptors (Lipinski definition) is 14. The highest BCUT2D eigenvalue weighted by Gasteiger charge is 2.44. The van der Waals surface area contributed by atoms with Crippen molar-refractivity contribution in [2.24, 2.45) is 5.92 Å². The van der Waals surface area contributed by atoms with Gasteiger partial charge in [-0.15, -0.1) is 10.2 Å². The van der Waals surface area contributed by atoms with Gasteiger partial charge in [0, 0.05) is 50.7 Å². The quantitative estimate of drug-likeness (QED) is 0.0928. The van der Waals surface area contributed by atoms with Gasteiger partial charge in [-0.3, -0.25) is 48.5 Å². The van der Waals surface area contributed by atoms with Crippen molar-refractivity contribution in [3.05, 3.63) is 65.6 Å². The molecule has 7 rings (SSSR count). The molecule has 57 heavy (non-hydrogen) atoms. The summed E-state index contributed by atoms with van der Waals surface area (Å²) in [7, 11) is 2.96. The molecule has 20 nitrogen and oxygen atoms in total. The molecule has 2 fully saturated rings. The summed E-state index contributed by atoms with van der Waals surface area (Å²) in [5.41, 5.74) is 2.12. The molecule has 1 atom stereocenters. The molecule has 1 saturated carbocycles. The molecule has 1 aliphatic carbocycles. The average molecular weight is 779 g/mol. The Morgan fingerprint density at radius 1 is 0.930 bits per heavy atom. The van der Waals surface area contributed by atoms with Crippen LogP contribution in [0.25, 0.3) is 11.4 Å². The van der Waals surface area contributed by atoms with E-state index in [9.17, 15) is 33.6 Å². The fourth-order valence-electron chi connectivity index (χ4n) is 6.41. The number of rotatable bonds is 15. The molecule has 2 aliphatic heterocycles. The fraction of sp³-hybridized carbons (Fsp3) is 0.324. The first-order valence-corrected chi connectivity index (χ1v) is 18.1. The number of nitrogens with zero attached hydrogens (tertiary/aromatic N) is 6. The molecule has 2 aromatic carbocycles. The lowest BCUT2D eigenvalue weighted by atomic mass is 10.0. The molecule has 7 amide bonds. The highest BCUT2D eigenvalue weighted by atomic mass is 16.5. The smallest absolute Gasteiger partial charge is 0.273 e. The normalized spacial score (nSPS) is 16.1. The maximum atomic E-state index is 13.1. The third-order valence-electron chi connectivity index (χ3n) is 9.49. The van der Waals surface area contributed by atoms with Gasteiger partial charge in [0.1, 0.15) is 12.4 Å². The molecule has 6 N–H and O–H groups in total. The number of nitrogens with one attached hydrogen (secondary N) is 6. The van der Waals surface area contributed by atoms with Crippen LogP contribution >= 0.6 is 0 Å². The number of methoxy groups -OCH3 is 1. The van der Waals surface area contributed by atoms with E-state index in [1.54, 1.807) is 28.9 Å². The number of fused-ring (bicyclic) bond motifs is 1. The largest absolute Gasteiger partial charge is 0.494 e. The zero-order valence-electron chi connectivity index (χ0n) is 30.9. The lowest BCUT2D eigenvalue weighted by molar-refractivity contribution is -0.136. The highest BCUT2D eigenvalue weighted by Crippen LogP contribution is 2.37. The van der Waals surface area contributed by atoms with Gasteiger partial charge >= 0.3 is 0 Å². The third kappa shape index (κ3) is 8.23. The van der Waals surface area contributed by atoms with Crippen molar-refractivity contribution >= 4 is 64.2 Å². The number of amides is 7. The van der Waals surface area contributed by atoms with Crippen LogP contribution in [0.1, 0.15) is 63.3 Å². The van der Waals surface area contributed by atoms with Crippen LogP contribution in [-0.2, 0) is 25.7 Å². The fourth-order valence-corrected chi connectivity index (χ4v) is 6.41. The summed E-state index contributed by atoms with van der Waals surface area (Å²) in [5, 5.41) is 29.1. The number of imide groups is 2. The molecular formula is C37H38N12O8. The van der Waals surface area contributed by atoms with Crippen molar-refractivity contribution in [3.63, 3.8) is 0 Å². The lowest BCUT2D eigenvalue weighted by Gasteiger charge is -2.27. The summed E-state index contributed by atoms with van der Waals surface area (Å²) in [6.07, 6.45) is 3.35. The van der Waals surface area contributed by atoms with Gasteiger partial charge in [0.05, 0.1) is 41.7 Å². The number of carbonyl (C=O) groups is 7. The first kappa shape index (κ1) is 38.0. The minimum atomic E-state index is -1.05. The number of anilines is 4. The minimum absolute atomic E-state index is 0.00658. The topological polar surface area (TPSA) is 261 Å². The monoisotopic (exact) mass is 778 g/mol. The van der Waals surface area contributed by atoms with Crippen LogP contribution in [0.15, 0.2) is 48.8 Å². The number of piperidine rings is 1. The van der Waals surface area contributed by atoms with Crippen LogP contribution in [0.4, 0.5) is 22.9 Å². The number of ether oxygens (including phenoxy) is 1. The number of carbonyl (C=O) groups excluding carboxylic acids is 7. The standard InChI is InChI=1S/C37H38N12O8/c1-38-35(54)30-25(17-27(45-46-30)43-33(52)19-6-7-19)42-24-5-3-4-22(31(24)57-2)32-41-18-48(47-32)15-14-40-28(50)12-13-39-20-8-9-21-23(16-20)37(56)49(36(21)55)26-10-11-29(51)44-34(26)53/h3-5,8-9,16-19,26,39H,6-7,10-15H2,1-2H3,(H,38,54)(H,40,50)(H,44,51,53)(H2,42,43,45,52). The third-order valence-corrected chi connectivity index (χ3v) is 9.49. The Morgan fingerprint density at radius 3 is 2.49 bits per heavy atom. The zero-order valence-corrected chi connectivity index (χ0v) is 30.9. The van der Waals surface area contributed by atoms with Gasteiger partial charge in [-0.05, 0) is 49.6 Å². The van der Waals surface area contributed by atoms with Crippen LogP contribution in [0.5, 0.6) is 5.75 Å². The molecule has 2 aromatic heterocycles. The Labute approximate surface area is 324 Å². The Balaban J connectivity index is 0.922. The molecular weight excluding hydrogens is 740 g/mol. The van der Waals surface area contributed by atoms with E-state index in [0.717, 1.165) is 17.7 Å². The van der Waals surface area contributed by atoms with E-state index in [0.29, 0.717) is 35.1 Å². The summed E-state index contributed by atoms with van der Waals surface area (Å²) < 4.78 is 7.31. The van der Waals surface area contributed by atoms with E-state index in [1.165, 1.54) is 38.7 Å². The van der Waals surface area contributed by atoms with E-state index in [-0.39, 0.29) is 78.4 Å². The van der Waals surface area contributed by atoms with Gasteiger partial charge < -0.3 is 31.3 Å². The molecule has 0 radical (unpaired) electrons. The van der Waals surface area contributed by atoms with Crippen LogP contribution in [0.3, 0.4) is 0 Å². The van der Waals surface area contributed by atoms with Gasteiger partial charge in [-0.1, -0.05) is 6.07 Å². The van der Waals surface area contributed by atoms with Gasteiger partial charge in [0.2, 0.25) is 23.6 Å². The Bertz CT molecular complexity index is 2310. The molecule has 0 bridgehead atoms. The second-order valence-electron chi connectivity index (χ2n) is 13.4. The zero-order chi connectivity index (χ0) is 40.2. The molecule has 294 valence electrons. The molecule has 1 unspecified atom stereocenters. The molecule has 20 heteroatoms. The molecule has 1 saturated heterocycles. The van der Waals surface area contributed by atoms with Crippen molar-refractivity contribution in [1.82, 2.24) is 45.8 Å². The summed E-state index contributed by atoms with van der Waals surface area (Å²) in [5.74, 6) is -2.36. The van der Waals surface area contributed by atoms with Gasteiger partial charge in [0.25, 0.3) is 17.7 Å². The number of benzene rings is 2. The number of aromatic nitrogens is 5. The van der Waals surface area contributed by atoms with E-state index in [4.69, 9.17) is 4.74 Å². The second kappa shape index (κ2) is 16.2. The predicted molar refractivity (Wildman–Crippen MR) is 201 cm³/mol. The van der Waals surface area contributed by atoms with Crippen LogP contribution in [0, 0.1) is 5.92 Å². The van der Waals surface area contributed by atoms with E-state index >= 15 is 0 Å².